The fourth-order valence-corrected chi connectivity index (χ4v) is 3.54. The Hall–Kier alpha value is -2.22. The van der Waals surface area contributed by atoms with Crippen LogP contribution in [-0.4, -0.2) is 47.9 Å². The first-order chi connectivity index (χ1) is 13.0. The van der Waals surface area contributed by atoms with Crippen LogP contribution in [0.1, 0.15) is 23.3 Å². The number of nitrogens with zero attached hydrogens (tertiary/aromatic N) is 2. The van der Waals surface area contributed by atoms with Gasteiger partial charge in [0.2, 0.25) is 0 Å². The Bertz CT molecular complexity index is 848. The van der Waals surface area contributed by atoms with E-state index in [1.54, 1.807) is 29.3 Å². The normalized spacial score (nSPS) is 18.7. The van der Waals surface area contributed by atoms with Crippen LogP contribution < -0.4 is 5.32 Å². The number of amides is 1. The van der Waals surface area contributed by atoms with E-state index in [2.05, 4.69) is 10.3 Å². The van der Waals surface area contributed by atoms with Gasteiger partial charge in [-0.15, -0.1) is 0 Å². The van der Waals surface area contributed by atoms with E-state index < -0.39 is 11.6 Å². The van der Waals surface area contributed by atoms with Crippen molar-refractivity contribution in [1.82, 2.24) is 9.88 Å². The van der Waals surface area contributed by atoms with Gasteiger partial charge in [-0.1, -0.05) is 11.6 Å². The fraction of sp³-hybridized carbons (Fsp3) is 0.368. The van der Waals surface area contributed by atoms with Crippen LogP contribution in [0, 0.1) is 5.82 Å². The minimum Gasteiger partial charge on any atom is -0.355 e. The third-order valence-electron chi connectivity index (χ3n) is 4.81. The van der Waals surface area contributed by atoms with Crippen LogP contribution in [0.25, 0.3) is 0 Å². The van der Waals surface area contributed by atoms with E-state index in [1.807, 2.05) is 0 Å². The van der Waals surface area contributed by atoms with Crippen molar-refractivity contribution >= 4 is 28.9 Å². The maximum atomic E-state index is 13.3. The van der Waals surface area contributed by atoms with Crippen molar-refractivity contribution in [2.45, 2.75) is 18.6 Å². The zero-order chi connectivity index (χ0) is 18.9. The average Bonchev–Trinajstić information content (AvgIpc) is 3.13. The molecule has 2 aliphatic heterocycles. The molecule has 0 aliphatic carbocycles. The summed E-state index contributed by atoms with van der Waals surface area (Å²) in [6, 6.07) is 7.76. The first kappa shape index (κ1) is 18.2. The van der Waals surface area contributed by atoms with Crippen LogP contribution in [0.15, 0.2) is 36.5 Å². The largest absolute Gasteiger partial charge is 0.355 e. The van der Waals surface area contributed by atoms with Crippen molar-refractivity contribution in [1.29, 1.82) is 0 Å². The molecule has 2 aromatic rings. The summed E-state index contributed by atoms with van der Waals surface area (Å²) in [5, 5.41) is 3.14. The van der Waals surface area contributed by atoms with Gasteiger partial charge >= 0.3 is 0 Å². The molecule has 2 aliphatic rings. The number of carbonyl (C=O) groups excluding carboxylic acids is 1. The smallest absolute Gasteiger partial charge is 0.272 e. The lowest BCUT2D eigenvalue weighted by Gasteiger charge is -2.37. The zero-order valence-electron chi connectivity index (χ0n) is 14.6. The summed E-state index contributed by atoms with van der Waals surface area (Å²) in [7, 11) is 0. The van der Waals surface area contributed by atoms with Crippen LogP contribution in [0.2, 0.25) is 5.02 Å². The van der Waals surface area contributed by atoms with E-state index in [0.29, 0.717) is 56.2 Å². The molecule has 1 N–H and O–H groups in total. The molecule has 4 rings (SSSR count). The molecule has 0 unspecified atom stereocenters. The van der Waals surface area contributed by atoms with Crippen LogP contribution in [0.5, 0.6) is 0 Å². The lowest BCUT2D eigenvalue weighted by Crippen LogP contribution is -2.47. The van der Waals surface area contributed by atoms with Gasteiger partial charge in [0, 0.05) is 43.5 Å². The van der Waals surface area contributed by atoms with Crippen LogP contribution >= 0.6 is 11.6 Å². The van der Waals surface area contributed by atoms with E-state index in [9.17, 15) is 9.18 Å². The van der Waals surface area contributed by atoms with Gasteiger partial charge in [0.25, 0.3) is 5.91 Å². The van der Waals surface area contributed by atoms with Gasteiger partial charge in [-0.05, 0) is 30.3 Å². The van der Waals surface area contributed by atoms with Crippen LogP contribution in [-0.2, 0) is 9.47 Å². The van der Waals surface area contributed by atoms with Crippen molar-refractivity contribution in [3.05, 3.63) is 53.1 Å². The monoisotopic (exact) mass is 391 g/mol. The van der Waals surface area contributed by atoms with Gasteiger partial charge in [0.1, 0.15) is 11.5 Å². The molecular formula is C19H19ClFN3O3. The summed E-state index contributed by atoms with van der Waals surface area (Å²) in [4.78, 5) is 18.7. The standard InChI is InChI=1S/C19H19ClFN3O3/c20-15-11-13(1-2-16(15)21)23-14-3-6-22-17(12-14)18(25)24-7-4-19(5-8-24)26-9-10-27-19/h1-3,6,11-12H,4-5,7-10H2,(H,22,23). The van der Waals surface area contributed by atoms with Crippen LogP contribution in [0.4, 0.5) is 15.8 Å². The molecule has 0 saturated carbocycles. The Kier molecular flexibility index (Phi) is 4.99. The lowest BCUT2D eigenvalue weighted by atomic mass is 10.0. The van der Waals surface area contributed by atoms with Crippen LogP contribution in [0.3, 0.4) is 0 Å². The summed E-state index contributed by atoms with van der Waals surface area (Å²) in [6.07, 6.45) is 2.88. The Labute approximate surface area is 161 Å². The quantitative estimate of drug-likeness (QED) is 0.866. The SMILES string of the molecule is O=C(c1cc(Nc2ccc(F)c(Cl)c2)ccn1)N1CCC2(CC1)OCCO2. The minimum atomic E-state index is -0.518. The first-order valence-corrected chi connectivity index (χ1v) is 9.18. The molecule has 0 atom stereocenters. The van der Waals surface area contributed by atoms with Gasteiger partial charge < -0.3 is 19.7 Å². The molecule has 2 fully saturated rings. The molecule has 8 heteroatoms. The number of aromatic nitrogens is 1. The predicted molar refractivity (Wildman–Crippen MR) is 98.7 cm³/mol. The highest BCUT2D eigenvalue weighted by molar-refractivity contribution is 6.31. The molecule has 6 nitrogen and oxygen atoms in total. The van der Waals surface area contributed by atoms with Gasteiger partial charge in [-0.25, -0.2) is 4.39 Å². The third-order valence-corrected chi connectivity index (χ3v) is 5.10. The van der Waals surface area contributed by atoms with Crippen molar-refractivity contribution in [3.63, 3.8) is 0 Å². The Morgan fingerprint density at radius 3 is 2.56 bits per heavy atom. The summed E-state index contributed by atoms with van der Waals surface area (Å²) in [6.45, 7) is 2.34. The summed E-state index contributed by atoms with van der Waals surface area (Å²) in [5.74, 6) is -1.13. The topological polar surface area (TPSA) is 63.7 Å². The number of halogens is 2. The van der Waals surface area contributed by atoms with E-state index in [1.165, 1.54) is 12.1 Å². The van der Waals surface area contributed by atoms with Crippen molar-refractivity contribution in [2.75, 3.05) is 31.6 Å². The third kappa shape index (κ3) is 3.90. The van der Waals surface area contributed by atoms with E-state index >= 15 is 0 Å². The highest BCUT2D eigenvalue weighted by atomic mass is 35.5. The molecule has 1 aromatic carbocycles. The number of hydrogen-bond acceptors (Lipinski definition) is 5. The highest BCUT2D eigenvalue weighted by Crippen LogP contribution is 2.31. The zero-order valence-corrected chi connectivity index (χ0v) is 15.3. The number of piperidine rings is 1. The van der Waals surface area contributed by atoms with Crippen molar-refractivity contribution in [3.8, 4) is 0 Å². The Morgan fingerprint density at radius 2 is 1.85 bits per heavy atom. The number of rotatable bonds is 3. The van der Waals surface area contributed by atoms with Gasteiger partial charge in [-0.2, -0.15) is 0 Å². The maximum absolute atomic E-state index is 13.3. The molecule has 0 radical (unpaired) electrons. The molecular weight excluding hydrogens is 373 g/mol. The van der Waals surface area contributed by atoms with Gasteiger partial charge in [0.05, 0.1) is 18.2 Å². The summed E-state index contributed by atoms with van der Waals surface area (Å²) >= 11 is 5.81. The molecule has 1 aromatic heterocycles. The number of nitrogens with one attached hydrogen (secondary N) is 1. The molecule has 3 heterocycles. The second-order valence-corrected chi connectivity index (χ2v) is 6.99. The second kappa shape index (κ2) is 7.42. The van der Waals surface area contributed by atoms with Crippen molar-refractivity contribution < 1.29 is 18.7 Å². The number of hydrogen-bond donors (Lipinski definition) is 1. The summed E-state index contributed by atoms with van der Waals surface area (Å²) in [5.41, 5.74) is 1.64. The summed E-state index contributed by atoms with van der Waals surface area (Å²) < 4.78 is 24.7. The number of ether oxygens (including phenoxy) is 2. The minimum absolute atomic E-state index is 0.0314. The number of benzene rings is 1. The second-order valence-electron chi connectivity index (χ2n) is 6.58. The Balaban J connectivity index is 1.44. The molecule has 1 spiro atoms. The van der Waals surface area contributed by atoms with E-state index in [4.69, 9.17) is 21.1 Å². The Morgan fingerprint density at radius 1 is 1.15 bits per heavy atom. The van der Waals surface area contributed by atoms with Gasteiger partial charge in [-0.3, -0.25) is 9.78 Å². The number of carbonyl (C=O) groups is 1. The van der Waals surface area contributed by atoms with Gasteiger partial charge in [0.15, 0.2) is 5.79 Å². The maximum Gasteiger partial charge on any atom is 0.272 e. The molecule has 2 saturated heterocycles. The predicted octanol–water partition coefficient (Wildman–Crippen LogP) is 3.60. The molecule has 1 amide bonds. The number of pyridine rings is 1. The molecule has 0 bridgehead atoms. The average molecular weight is 392 g/mol. The molecule has 27 heavy (non-hydrogen) atoms. The fourth-order valence-electron chi connectivity index (χ4n) is 3.36. The van der Waals surface area contributed by atoms with E-state index in [0.717, 1.165) is 0 Å². The number of likely N-dealkylation sites (tertiary alicyclic amines) is 1. The first-order valence-electron chi connectivity index (χ1n) is 8.80. The van der Waals surface area contributed by atoms with Crippen molar-refractivity contribution in [2.24, 2.45) is 0 Å². The molecule has 142 valence electrons. The number of anilines is 2. The lowest BCUT2D eigenvalue weighted by molar-refractivity contribution is -0.181. The highest BCUT2D eigenvalue weighted by Gasteiger charge is 2.41. The van der Waals surface area contributed by atoms with E-state index in [-0.39, 0.29) is 10.9 Å².